The number of rotatable bonds is 0. The van der Waals surface area contributed by atoms with E-state index < -0.39 is 10.4 Å². The van der Waals surface area contributed by atoms with Crippen molar-refractivity contribution in [2.24, 2.45) is 0 Å². The van der Waals surface area contributed by atoms with Crippen LogP contribution in [0.25, 0.3) is 0 Å². The van der Waals surface area contributed by atoms with E-state index in [1.807, 2.05) is 0 Å². The molecule has 0 spiro atoms. The van der Waals surface area contributed by atoms with Crippen LogP contribution in [0.2, 0.25) is 0 Å². The Morgan fingerprint density at radius 1 is 1.00 bits per heavy atom. The molecule has 0 aliphatic carbocycles. The van der Waals surface area contributed by atoms with Crippen molar-refractivity contribution in [1.82, 2.24) is 0 Å². The third kappa shape index (κ3) is 493. The second-order valence-electron chi connectivity index (χ2n) is 0.448. The van der Waals surface area contributed by atoms with Gasteiger partial charge in [0.25, 0.3) is 0 Å². The Labute approximate surface area is 75.4 Å². The van der Waals surface area contributed by atoms with E-state index in [9.17, 15) is 0 Å². The molecule has 0 aromatic heterocycles. The van der Waals surface area contributed by atoms with Crippen LogP contribution in [0.15, 0.2) is 0 Å². The summed E-state index contributed by atoms with van der Waals surface area (Å²) in [5.74, 6) is 0. The van der Waals surface area contributed by atoms with E-state index in [2.05, 4.69) is 0 Å². The van der Waals surface area contributed by atoms with Crippen molar-refractivity contribution in [1.29, 1.82) is 0 Å². The summed E-state index contributed by atoms with van der Waals surface area (Å²) >= 11 is 0. The molecule has 0 aromatic rings. The molecule has 0 unspecified atom stereocenters. The van der Waals surface area contributed by atoms with E-state index in [0.717, 1.165) is 0 Å². The maximum atomic E-state index is 8.74. The first kappa shape index (κ1) is 32.6. The second kappa shape index (κ2) is 11.7. The summed E-state index contributed by atoms with van der Waals surface area (Å²) in [7, 11) is -4.67. The molecule has 9 heavy (non-hydrogen) atoms. The molecule has 0 bridgehead atoms. The maximum Gasteiger partial charge on any atom is 2.00 e. The van der Waals surface area contributed by atoms with Gasteiger partial charge in [0.1, 0.15) is 0 Å². The summed E-state index contributed by atoms with van der Waals surface area (Å²) in [5.41, 5.74) is 0. The van der Waals surface area contributed by atoms with E-state index in [0.29, 0.717) is 0 Å². The van der Waals surface area contributed by atoms with Gasteiger partial charge in [-0.2, -0.15) is 8.42 Å². The molecule has 0 saturated heterocycles. The molecule has 2 N–H and O–H groups in total. The number of hydrogen-bond acceptors (Lipinski definition) is 2. The van der Waals surface area contributed by atoms with E-state index in [4.69, 9.17) is 17.5 Å². The Balaban J connectivity index is -0.0000000133. The van der Waals surface area contributed by atoms with Gasteiger partial charge < -0.3 is 11.0 Å². The van der Waals surface area contributed by atoms with Crippen molar-refractivity contribution in [2.75, 3.05) is 0 Å². The van der Waals surface area contributed by atoms with Crippen LogP contribution in [0.3, 0.4) is 0 Å². The van der Waals surface area contributed by atoms with Crippen LogP contribution in [0.5, 0.6) is 0 Å². The van der Waals surface area contributed by atoms with E-state index in [1.165, 1.54) is 0 Å². The summed E-state index contributed by atoms with van der Waals surface area (Å²) in [6.07, 6.45) is 0. The molecule has 0 aliphatic rings. The summed E-state index contributed by atoms with van der Waals surface area (Å²) in [5, 5.41) is 0. The molecule has 0 aliphatic heterocycles. The molecule has 0 atom stereocenters. The summed E-state index contributed by atoms with van der Waals surface area (Å²) < 4.78 is 31.6. The van der Waals surface area contributed by atoms with Crippen LogP contribution in [-0.4, -0.2) is 17.5 Å². The molecule has 0 rings (SSSR count). The standard InChI is InChI=1S/Mn.H2O4S.2O.Zn/c;1-5(2,3)4;;;/h;(H2,1,2,3,4);;;/q+2;;2*-2;+2. The van der Waals surface area contributed by atoms with Gasteiger partial charge in [-0.15, -0.1) is 0 Å². The van der Waals surface area contributed by atoms with Gasteiger partial charge in [0.2, 0.25) is 0 Å². The SMILES string of the molecule is O=S(=O)(O)O.[Mn+2].[O-2].[O-2].[Zn+2]. The van der Waals surface area contributed by atoms with Gasteiger partial charge in [0.15, 0.2) is 0 Å². The first-order valence-corrected chi connectivity index (χ1v) is 2.10. The molecule has 9 heteroatoms. The Morgan fingerprint density at radius 2 is 1.00 bits per heavy atom. The van der Waals surface area contributed by atoms with Crippen LogP contribution in [0, 0.1) is 0 Å². The zero-order valence-electron chi connectivity index (χ0n) is 4.02. The van der Waals surface area contributed by atoms with Gasteiger partial charge in [-0.05, 0) is 0 Å². The van der Waals surface area contributed by atoms with Crippen LogP contribution >= 0.6 is 0 Å². The zero-order valence-corrected chi connectivity index (χ0v) is 8.98. The first-order chi connectivity index (χ1) is 2.00. The average Bonchev–Trinajstić information content (AvgIpc) is 0.722. The predicted molar refractivity (Wildman–Crippen MR) is 15.6 cm³/mol. The minimum Gasteiger partial charge on any atom is -2.00 e. The molecular weight excluding hydrogens is 248 g/mol. The molecule has 0 aromatic carbocycles. The van der Waals surface area contributed by atoms with Gasteiger partial charge in [-0.3, -0.25) is 9.11 Å². The smallest absolute Gasteiger partial charge is 2.00 e. The van der Waals surface area contributed by atoms with Crippen molar-refractivity contribution in [2.45, 2.75) is 0 Å². The topological polar surface area (TPSA) is 132 Å². The minimum atomic E-state index is -4.67. The van der Waals surface area contributed by atoms with Gasteiger partial charge in [0, 0.05) is 0 Å². The second-order valence-corrected chi connectivity index (χ2v) is 1.34. The third-order valence-corrected chi connectivity index (χ3v) is 0. The molecule has 1 radical (unpaired) electrons. The van der Waals surface area contributed by atoms with Crippen LogP contribution in [0.4, 0.5) is 0 Å². The largest absolute Gasteiger partial charge is 2.00 e. The molecule has 0 fully saturated rings. The van der Waals surface area contributed by atoms with Gasteiger partial charge in [-0.1, -0.05) is 0 Å². The Morgan fingerprint density at radius 3 is 1.00 bits per heavy atom. The fourth-order valence-corrected chi connectivity index (χ4v) is 0. The van der Waals surface area contributed by atoms with Gasteiger partial charge in [-0.25, -0.2) is 0 Å². The number of hydrogen-bond donors (Lipinski definition) is 2. The molecular formula is H2MnO6SZn. The zero-order chi connectivity index (χ0) is 4.50. The van der Waals surface area contributed by atoms with Crippen LogP contribution in [0.1, 0.15) is 0 Å². The van der Waals surface area contributed by atoms with Crippen molar-refractivity contribution in [3.63, 3.8) is 0 Å². The van der Waals surface area contributed by atoms with Crippen molar-refractivity contribution in [3.05, 3.63) is 0 Å². The van der Waals surface area contributed by atoms with E-state index >= 15 is 0 Å². The van der Waals surface area contributed by atoms with Crippen LogP contribution < -0.4 is 0 Å². The molecule has 0 heterocycles. The van der Waals surface area contributed by atoms with Crippen LogP contribution in [-0.2, 0) is 57.9 Å². The Bertz CT molecular complexity index is 96.2. The summed E-state index contributed by atoms with van der Waals surface area (Å²) in [4.78, 5) is 0. The van der Waals surface area contributed by atoms with Gasteiger partial charge in [0.05, 0.1) is 0 Å². The normalized spacial score (nSPS) is 6.44. The Kier molecular flexibility index (Phi) is 42.3. The van der Waals surface area contributed by atoms with E-state index in [1.54, 1.807) is 0 Å². The van der Waals surface area contributed by atoms with Gasteiger partial charge >= 0.3 is 46.9 Å². The van der Waals surface area contributed by atoms with Crippen molar-refractivity contribution >= 4 is 10.4 Å². The Hall–Kier alpha value is 0.933. The predicted octanol–water partition coefficient (Wildman–Crippen LogP) is -0.895. The minimum absolute atomic E-state index is 0. The third-order valence-electron chi connectivity index (χ3n) is 0. The molecule has 6 nitrogen and oxygen atoms in total. The fourth-order valence-electron chi connectivity index (χ4n) is 0. The summed E-state index contributed by atoms with van der Waals surface area (Å²) in [6, 6.07) is 0. The monoisotopic (exact) mass is 249 g/mol. The molecule has 0 amide bonds. The van der Waals surface area contributed by atoms with Crippen molar-refractivity contribution in [3.8, 4) is 0 Å². The summed E-state index contributed by atoms with van der Waals surface area (Å²) in [6.45, 7) is 0. The quantitative estimate of drug-likeness (QED) is 0.426. The average molecular weight is 250 g/mol. The van der Waals surface area contributed by atoms with E-state index in [-0.39, 0.29) is 47.5 Å². The van der Waals surface area contributed by atoms with Crippen molar-refractivity contribution < 1.29 is 65.0 Å². The fraction of sp³-hybridized carbons (Fsp3) is 0. The maximum absolute atomic E-state index is 8.74. The molecule has 53 valence electrons. The first-order valence-electron chi connectivity index (χ1n) is 0.698. The molecule has 0 saturated carbocycles.